The molecule has 0 aromatic heterocycles. The molecule has 0 saturated carbocycles. The Labute approximate surface area is 125 Å². The first-order valence-corrected chi connectivity index (χ1v) is 7.31. The highest BCUT2D eigenvalue weighted by Gasteiger charge is 2.24. The molecule has 1 aliphatic rings. The summed E-state index contributed by atoms with van der Waals surface area (Å²) in [7, 11) is 1.73. The van der Waals surface area contributed by atoms with Crippen molar-refractivity contribution in [2.75, 3.05) is 20.1 Å². The average molecular weight is 290 g/mol. The van der Waals surface area contributed by atoms with Gasteiger partial charge in [0.25, 0.3) is 0 Å². The molecule has 21 heavy (non-hydrogen) atoms. The van der Waals surface area contributed by atoms with Crippen LogP contribution in [0.2, 0.25) is 0 Å². The first-order chi connectivity index (χ1) is 9.99. The lowest BCUT2D eigenvalue weighted by atomic mass is 10.1. The number of aromatic hydroxyl groups is 1. The molecule has 1 atom stereocenters. The molecule has 1 fully saturated rings. The maximum absolute atomic E-state index is 12.3. The van der Waals surface area contributed by atoms with Gasteiger partial charge in [-0.1, -0.05) is 12.1 Å². The summed E-state index contributed by atoms with van der Waals surface area (Å²) in [5, 5.41) is 9.52. The van der Waals surface area contributed by atoms with E-state index in [-0.39, 0.29) is 30.2 Å². The van der Waals surface area contributed by atoms with Crippen molar-refractivity contribution in [1.82, 2.24) is 9.80 Å². The van der Waals surface area contributed by atoms with Crippen molar-refractivity contribution >= 4 is 11.8 Å². The lowest BCUT2D eigenvalue weighted by molar-refractivity contribution is -0.142. The highest BCUT2D eigenvalue weighted by atomic mass is 16.3. The van der Waals surface area contributed by atoms with Crippen LogP contribution in [0.15, 0.2) is 24.3 Å². The Kier molecular flexibility index (Phi) is 4.83. The van der Waals surface area contributed by atoms with Crippen LogP contribution >= 0.6 is 0 Å². The van der Waals surface area contributed by atoms with Crippen LogP contribution in [0.1, 0.15) is 37.8 Å². The van der Waals surface area contributed by atoms with E-state index in [4.69, 9.17) is 0 Å². The quantitative estimate of drug-likeness (QED) is 0.921. The molecule has 5 heteroatoms. The van der Waals surface area contributed by atoms with Crippen LogP contribution in [0.4, 0.5) is 0 Å². The summed E-state index contributed by atoms with van der Waals surface area (Å²) in [5.41, 5.74) is 0.871. The number of nitrogens with zero attached hydrogens (tertiary/aromatic N) is 2. The maximum Gasteiger partial charge on any atom is 0.242 e. The molecule has 0 aliphatic carbocycles. The van der Waals surface area contributed by atoms with Crippen molar-refractivity contribution in [3.8, 4) is 5.75 Å². The van der Waals surface area contributed by atoms with Gasteiger partial charge in [0.2, 0.25) is 11.8 Å². The minimum Gasteiger partial charge on any atom is -0.508 e. The molecule has 1 aliphatic heterocycles. The molecule has 0 bridgehead atoms. The van der Waals surface area contributed by atoms with Crippen LogP contribution in [0.3, 0.4) is 0 Å². The first-order valence-electron chi connectivity index (χ1n) is 7.31. The van der Waals surface area contributed by atoms with Crippen LogP contribution in [-0.4, -0.2) is 46.9 Å². The zero-order valence-electron chi connectivity index (χ0n) is 12.6. The van der Waals surface area contributed by atoms with Crippen LogP contribution in [0.25, 0.3) is 0 Å². The van der Waals surface area contributed by atoms with Gasteiger partial charge in [0, 0.05) is 20.0 Å². The van der Waals surface area contributed by atoms with E-state index >= 15 is 0 Å². The van der Waals surface area contributed by atoms with Crippen molar-refractivity contribution < 1.29 is 14.7 Å². The number of phenolic OH excluding ortho intramolecular Hbond substituents is 1. The topological polar surface area (TPSA) is 60.9 Å². The Morgan fingerprint density at radius 2 is 2.19 bits per heavy atom. The van der Waals surface area contributed by atoms with E-state index in [0.717, 1.165) is 18.4 Å². The molecule has 0 spiro atoms. The average Bonchev–Trinajstić information content (AvgIpc) is 2.48. The summed E-state index contributed by atoms with van der Waals surface area (Å²) in [6.45, 7) is 2.71. The largest absolute Gasteiger partial charge is 0.508 e. The number of benzene rings is 1. The Morgan fingerprint density at radius 3 is 2.86 bits per heavy atom. The minimum absolute atomic E-state index is 0.0630. The van der Waals surface area contributed by atoms with Crippen molar-refractivity contribution in [3.05, 3.63) is 29.8 Å². The molecule has 1 heterocycles. The summed E-state index contributed by atoms with van der Waals surface area (Å²) < 4.78 is 0. The SMILES string of the molecule is CC(c1cccc(O)c1)N(C)C(=O)CN1CCCCC1=O. The fourth-order valence-electron chi connectivity index (χ4n) is 2.53. The van der Waals surface area contributed by atoms with Gasteiger partial charge in [0.15, 0.2) is 0 Å². The summed E-state index contributed by atoms with van der Waals surface area (Å²) in [6, 6.07) is 6.74. The lowest BCUT2D eigenvalue weighted by Crippen LogP contribution is -2.44. The summed E-state index contributed by atoms with van der Waals surface area (Å²) >= 11 is 0. The minimum atomic E-state index is -0.149. The number of amides is 2. The van der Waals surface area contributed by atoms with Gasteiger partial charge in [-0.05, 0) is 37.5 Å². The second kappa shape index (κ2) is 6.61. The predicted molar refractivity (Wildman–Crippen MR) is 79.7 cm³/mol. The van der Waals surface area contributed by atoms with Crippen LogP contribution in [0.5, 0.6) is 5.75 Å². The molecule has 0 radical (unpaired) electrons. The number of likely N-dealkylation sites (tertiary alicyclic amines) is 1. The van der Waals surface area contributed by atoms with Gasteiger partial charge in [0.05, 0.1) is 12.6 Å². The van der Waals surface area contributed by atoms with Crippen molar-refractivity contribution in [2.45, 2.75) is 32.2 Å². The number of carbonyl (C=O) groups is 2. The number of rotatable bonds is 4. The van der Waals surface area contributed by atoms with E-state index < -0.39 is 0 Å². The normalized spacial score (nSPS) is 16.7. The fourth-order valence-corrected chi connectivity index (χ4v) is 2.53. The molecule has 114 valence electrons. The smallest absolute Gasteiger partial charge is 0.242 e. The van der Waals surface area contributed by atoms with Gasteiger partial charge < -0.3 is 14.9 Å². The van der Waals surface area contributed by atoms with E-state index in [1.165, 1.54) is 0 Å². The molecule has 1 aromatic carbocycles. The van der Waals surface area contributed by atoms with E-state index in [0.29, 0.717) is 13.0 Å². The molecule has 1 saturated heterocycles. The Bertz CT molecular complexity index is 530. The number of piperidine rings is 1. The number of hydrogen-bond acceptors (Lipinski definition) is 3. The molecular weight excluding hydrogens is 268 g/mol. The highest BCUT2D eigenvalue weighted by Crippen LogP contribution is 2.22. The Morgan fingerprint density at radius 1 is 1.43 bits per heavy atom. The molecule has 1 aromatic rings. The molecule has 1 N–H and O–H groups in total. The summed E-state index contributed by atoms with van der Waals surface area (Å²) in [5.74, 6) is 0.167. The third-order valence-corrected chi connectivity index (χ3v) is 4.07. The van der Waals surface area contributed by atoms with Crippen LogP contribution in [0, 0.1) is 0 Å². The second-order valence-electron chi connectivity index (χ2n) is 5.55. The zero-order valence-corrected chi connectivity index (χ0v) is 12.6. The molecular formula is C16H22N2O3. The van der Waals surface area contributed by atoms with Gasteiger partial charge in [0.1, 0.15) is 5.75 Å². The number of likely N-dealkylation sites (N-methyl/N-ethyl adjacent to an activating group) is 1. The van der Waals surface area contributed by atoms with Crippen molar-refractivity contribution in [2.24, 2.45) is 0 Å². The molecule has 5 nitrogen and oxygen atoms in total. The van der Waals surface area contributed by atoms with Gasteiger partial charge in [-0.2, -0.15) is 0 Å². The molecule has 1 unspecified atom stereocenters. The second-order valence-corrected chi connectivity index (χ2v) is 5.55. The molecule has 2 rings (SSSR count). The van der Waals surface area contributed by atoms with Crippen LogP contribution < -0.4 is 0 Å². The highest BCUT2D eigenvalue weighted by molar-refractivity contribution is 5.85. The predicted octanol–water partition coefficient (Wildman–Crippen LogP) is 1.92. The third kappa shape index (κ3) is 3.74. The number of phenols is 1. The van der Waals surface area contributed by atoms with Gasteiger partial charge in [-0.25, -0.2) is 0 Å². The van der Waals surface area contributed by atoms with Crippen LogP contribution in [-0.2, 0) is 9.59 Å². The maximum atomic E-state index is 12.3. The molecule has 2 amide bonds. The van der Waals surface area contributed by atoms with E-state index in [2.05, 4.69) is 0 Å². The number of hydrogen-bond donors (Lipinski definition) is 1. The zero-order chi connectivity index (χ0) is 15.4. The van der Waals surface area contributed by atoms with E-state index in [1.807, 2.05) is 13.0 Å². The van der Waals surface area contributed by atoms with Gasteiger partial charge >= 0.3 is 0 Å². The van der Waals surface area contributed by atoms with Crippen molar-refractivity contribution in [3.63, 3.8) is 0 Å². The van der Waals surface area contributed by atoms with Gasteiger partial charge in [-0.15, -0.1) is 0 Å². The summed E-state index contributed by atoms with van der Waals surface area (Å²) in [6.07, 6.45) is 2.42. The van der Waals surface area contributed by atoms with Gasteiger partial charge in [-0.3, -0.25) is 9.59 Å². The summed E-state index contributed by atoms with van der Waals surface area (Å²) in [4.78, 5) is 27.3. The van der Waals surface area contributed by atoms with E-state index in [1.54, 1.807) is 35.0 Å². The standard InChI is InChI=1S/C16H22N2O3/c1-12(13-6-5-7-14(19)10-13)17(2)16(21)11-18-9-4-3-8-15(18)20/h5-7,10,12,19H,3-4,8-9,11H2,1-2H3. The fraction of sp³-hybridized carbons (Fsp3) is 0.500. The monoisotopic (exact) mass is 290 g/mol. The number of carbonyl (C=O) groups excluding carboxylic acids is 2. The van der Waals surface area contributed by atoms with Crippen molar-refractivity contribution in [1.29, 1.82) is 0 Å². The Hall–Kier alpha value is -2.04. The lowest BCUT2D eigenvalue weighted by Gasteiger charge is -2.31. The third-order valence-electron chi connectivity index (χ3n) is 4.07. The Balaban J connectivity index is 1.99. The first kappa shape index (κ1) is 15.4. The van der Waals surface area contributed by atoms with E-state index in [9.17, 15) is 14.7 Å².